The number of aldehydes is 2. The minimum atomic E-state index is 0.398. The van der Waals surface area contributed by atoms with E-state index in [9.17, 15) is 9.59 Å². The van der Waals surface area contributed by atoms with E-state index in [2.05, 4.69) is 0 Å². The fraction of sp³-hybridized carbons (Fsp3) is 0.889. The van der Waals surface area contributed by atoms with Gasteiger partial charge in [-0.3, -0.25) is 0 Å². The Balaban J connectivity index is 1.49. The van der Waals surface area contributed by atoms with Crippen LogP contribution in [0.1, 0.15) is 38.5 Å². The summed E-state index contributed by atoms with van der Waals surface area (Å²) in [5, 5.41) is 0. The van der Waals surface area contributed by atoms with Gasteiger partial charge in [0.05, 0.1) is 0 Å². The van der Waals surface area contributed by atoms with E-state index < -0.39 is 0 Å². The summed E-state index contributed by atoms with van der Waals surface area (Å²) in [5.74, 6) is 7.79. The first-order valence-corrected chi connectivity index (χ1v) is 8.74. The summed E-state index contributed by atoms with van der Waals surface area (Å²) >= 11 is 0. The van der Waals surface area contributed by atoms with Gasteiger partial charge in [0.1, 0.15) is 12.6 Å². The lowest BCUT2D eigenvalue weighted by Gasteiger charge is -2.33. The largest absolute Gasteiger partial charge is 0.303 e. The second-order valence-corrected chi connectivity index (χ2v) is 8.31. The maximum atomic E-state index is 11.5. The zero-order valence-corrected chi connectivity index (χ0v) is 12.0. The number of rotatable bonds is 3. The summed E-state index contributed by atoms with van der Waals surface area (Å²) < 4.78 is 0. The highest BCUT2D eigenvalue weighted by Crippen LogP contribution is 2.73. The van der Waals surface area contributed by atoms with Gasteiger partial charge in [-0.05, 0) is 85.4 Å². The number of carbonyl (C=O) groups excluding carboxylic acids is 2. The molecule has 108 valence electrons. The molecule has 2 heteroatoms. The van der Waals surface area contributed by atoms with E-state index >= 15 is 0 Å². The molecule has 0 spiro atoms. The highest BCUT2D eigenvalue weighted by molar-refractivity contribution is 5.57. The van der Waals surface area contributed by atoms with E-state index in [4.69, 9.17) is 0 Å². The van der Waals surface area contributed by atoms with Crippen molar-refractivity contribution in [3.05, 3.63) is 0 Å². The third-order valence-corrected chi connectivity index (χ3v) is 8.35. The van der Waals surface area contributed by atoms with Gasteiger partial charge >= 0.3 is 0 Å². The molecule has 2 nitrogen and oxygen atoms in total. The molecule has 4 bridgehead atoms. The highest BCUT2D eigenvalue weighted by Gasteiger charge is 2.68. The molecule has 0 amide bonds. The number of fused-ring (bicyclic) bond motifs is 11. The molecule has 0 aromatic carbocycles. The molecule has 5 aliphatic rings. The number of hydrogen-bond acceptors (Lipinski definition) is 2. The Hall–Kier alpha value is -0.660. The summed E-state index contributed by atoms with van der Waals surface area (Å²) in [6.45, 7) is 0. The molecule has 5 rings (SSSR count). The molecule has 0 N–H and O–H groups in total. The van der Waals surface area contributed by atoms with Crippen LogP contribution in [-0.4, -0.2) is 12.6 Å². The highest BCUT2D eigenvalue weighted by atomic mass is 16.1. The standard InChI is InChI=1S/C18H24O2/c19-6-5-11-9-1-3-12(11)17-14(9)7-15-10-2-4-13(18(15)17)16(10)8-20/h6,8-18H,1-5,7H2. The molecular weight excluding hydrogens is 248 g/mol. The summed E-state index contributed by atoms with van der Waals surface area (Å²) in [6, 6.07) is 0. The number of carbonyl (C=O) groups is 2. The Morgan fingerprint density at radius 2 is 1.40 bits per heavy atom. The van der Waals surface area contributed by atoms with Crippen LogP contribution in [0.3, 0.4) is 0 Å². The summed E-state index contributed by atoms with van der Waals surface area (Å²) in [7, 11) is 0. The minimum absolute atomic E-state index is 0.398. The van der Waals surface area contributed by atoms with Crippen molar-refractivity contribution in [1.29, 1.82) is 0 Å². The summed E-state index contributed by atoms with van der Waals surface area (Å²) in [4.78, 5) is 22.5. The number of hydrogen-bond donors (Lipinski definition) is 0. The van der Waals surface area contributed by atoms with Crippen LogP contribution >= 0.6 is 0 Å². The Bertz CT molecular complexity index is 458. The predicted molar refractivity (Wildman–Crippen MR) is 74.7 cm³/mol. The lowest BCUT2D eigenvalue weighted by molar-refractivity contribution is -0.112. The Kier molecular flexibility index (Phi) is 2.36. The monoisotopic (exact) mass is 272 g/mol. The minimum Gasteiger partial charge on any atom is -0.303 e. The molecule has 0 aromatic rings. The topological polar surface area (TPSA) is 34.1 Å². The van der Waals surface area contributed by atoms with Crippen molar-refractivity contribution < 1.29 is 9.59 Å². The van der Waals surface area contributed by atoms with Crippen molar-refractivity contribution in [2.75, 3.05) is 0 Å². The van der Waals surface area contributed by atoms with Crippen LogP contribution in [0.15, 0.2) is 0 Å². The third kappa shape index (κ3) is 1.19. The van der Waals surface area contributed by atoms with E-state index in [1.165, 1.54) is 44.7 Å². The van der Waals surface area contributed by atoms with Gasteiger partial charge in [0.25, 0.3) is 0 Å². The van der Waals surface area contributed by atoms with Crippen molar-refractivity contribution in [1.82, 2.24) is 0 Å². The van der Waals surface area contributed by atoms with Crippen LogP contribution in [0.2, 0.25) is 0 Å². The van der Waals surface area contributed by atoms with Gasteiger partial charge in [0.2, 0.25) is 0 Å². The SMILES string of the molecule is O=CCC1C2CCC1C1C2CC2C3CCC(C3C=O)C21. The molecule has 5 saturated carbocycles. The summed E-state index contributed by atoms with van der Waals surface area (Å²) in [6.07, 6.45) is 10.1. The van der Waals surface area contributed by atoms with Crippen molar-refractivity contribution in [2.45, 2.75) is 38.5 Å². The third-order valence-electron chi connectivity index (χ3n) is 8.35. The Morgan fingerprint density at radius 1 is 0.750 bits per heavy atom. The Labute approximate surface area is 120 Å². The normalized spacial score (nSPS) is 61.6. The maximum Gasteiger partial charge on any atom is 0.123 e. The van der Waals surface area contributed by atoms with E-state index in [0.717, 1.165) is 47.8 Å². The summed E-state index contributed by atoms with van der Waals surface area (Å²) in [5.41, 5.74) is 0. The molecular formula is C18H24O2. The van der Waals surface area contributed by atoms with E-state index in [1.54, 1.807) is 0 Å². The molecule has 0 aromatic heterocycles. The molecule has 0 heterocycles. The second-order valence-electron chi connectivity index (χ2n) is 8.31. The van der Waals surface area contributed by atoms with Crippen LogP contribution in [0.5, 0.6) is 0 Å². The first kappa shape index (κ1) is 11.9. The van der Waals surface area contributed by atoms with Gasteiger partial charge in [0, 0.05) is 12.3 Å². The van der Waals surface area contributed by atoms with Crippen molar-refractivity contribution in [2.24, 2.45) is 59.2 Å². The molecule has 10 atom stereocenters. The van der Waals surface area contributed by atoms with Crippen LogP contribution in [0.4, 0.5) is 0 Å². The second kappa shape index (κ2) is 3.96. The van der Waals surface area contributed by atoms with Gasteiger partial charge in [-0.1, -0.05) is 0 Å². The smallest absolute Gasteiger partial charge is 0.123 e. The zero-order valence-electron chi connectivity index (χ0n) is 12.0. The molecule has 20 heavy (non-hydrogen) atoms. The molecule has 0 radical (unpaired) electrons. The average Bonchev–Trinajstić information content (AvgIpc) is 3.19. The van der Waals surface area contributed by atoms with Crippen LogP contribution in [0.25, 0.3) is 0 Å². The van der Waals surface area contributed by atoms with Crippen LogP contribution < -0.4 is 0 Å². The van der Waals surface area contributed by atoms with E-state index in [1.807, 2.05) is 0 Å². The fourth-order valence-electron chi connectivity index (χ4n) is 8.16. The quantitative estimate of drug-likeness (QED) is 0.740. The van der Waals surface area contributed by atoms with E-state index in [-0.39, 0.29) is 0 Å². The van der Waals surface area contributed by atoms with Crippen molar-refractivity contribution >= 4 is 12.6 Å². The molecule has 0 saturated heterocycles. The lowest BCUT2D eigenvalue weighted by Crippen LogP contribution is -2.29. The van der Waals surface area contributed by atoms with E-state index in [0.29, 0.717) is 17.8 Å². The average molecular weight is 272 g/mol. The van der Waals surface area contributed by atoms with Gasteiger partial charge in [-0.15, -0.1) is 0 Å². The molecule has 5 fully saturated rings. The van der Waals surface area contributed by atoms with Crippen LogP contribution in [-0.2, 0) is 9.59 Å². The van der Waals surface area contributed by atoms with Gasteiger partial charge in [0.15, 0.2) is 0 Å². The fourth-order valence-corrected chi connectivity index (χ4v) is 8.16. The first-order chi connectivity index (χ1) is 9.85. The molecule has 5 aliphatic carbocycles. The first-order valence-electron chi connectivity index (χ1n) is 8.74. The molecule has 0 aliphatic heterocycles. The lowest BCUT2D eigenvalue weighted by atomic mass is 9.71. The van der Waals surface area contributed by atoms with Gasteiger partial charge < -0.3 is 9.59 Å². The predicted octanol–water partition coefficient (Wildman–Crippen LogP) is 2.95. The van der Waals surface area contributed by atoms with Gasteiger partial charge in [-0.25, -0.2) is 0 Å². The molecule has 10 unspecified atom stereocenters. The zero-order chi connectivity index (χ0) is 13.4. The Morgan fingerprint density at radius 3 is 2.20 bits per heavy atom. The maximum absolute atomic E-state index is 11.5. The van der Waals surface area contributed by atoms with Crippen molar-refractivity contribution in [3.8, 4) is 0 Å². The van der Waals surface area contributed by atoms with Crippen LogP contribution in [0, 0.1) is 59.2 Å². The van der Waals surface area contributed by atoms with Gasteiger partial charge in [-0.2, -0.15) is 0 Å². The van der Waals surface area contributed by atoms with Crippen molar-refractivity contribution in [3.63, 3.8) is 0 Å².